The van der Waals surface area contributed by atoms with Gasteiger partial charge in [0.15, 0.2) is 0 Å². The van der Waals surface area contributed by atoms with Crippen molar-refractivity contribution in [2.75, 3.05) is 0 Å². The molecule has 1 atom stereocenters. The lowest BCUT2D eigenvalue weighted by atomic mass is 9.81. The summed E-state index contributed by atoms with van der Waals surface area (Å²) in [6, 6.07) is 68.4. The summed E-state index contributed by atoms with van der Waals surface area (Å²) in [7, 11) is 0. The van der Waals surface area contributed by atoms with Crippen LogP contribution < -0.4 is 0 Å². The third-order valence-electron chi connectivity index (χ3n) is 10.6. The summed E-state index contributed by atoms with van der Waals surface area (Å²) >= 11 is 0. The fraction of sp³-hybridized carbons (Fsp3) is 0.0400. The van der Waals surface area contributed by atoms with E-state index in [1.807, 2.05) is 6.07 Å². The van der Waals surface area contributed by atoms with E-state index in [4.69, 9.17) is 4.42 Å². The van der Waals surface area contributed by atoms with Crippen molar-refractivity contribution in [1.29, 1.82) is 0 Å². The molecule has 1 heterocycles. The third kappa shape index (κ3) is 5.09. The molecule has 1 aromatic heterocycles. The van der Waals surface area contributed by atoms with Crippen molar-refractivity contribution in [3.63, 3.8) is 0 Å². The zero-order valence-electron chi connectivity index (χ0n) is 28.1. The molecule has 240 valence electrons. The second kappa shape index (κ2) is 12.2. The predicted octanol–water partition coefficient (Wildman–Crippen LogP) is 13.3. The van der Waals surface area contributed by atoms with Crippen molar-refractivity contribution in [3.8, 4) is 44.5 Å². The Hall–Kier alpha value is -6.44. The quantitative estimate of drug-likeness (QED) is 0.163. The van der Waals surface area contributed by atoms with E-state index in [9.17, 15) is 0 Å². The normalized spacial score (nSPS) is 12.5. The van der Waals surface area contributed by atoms with Crippen LogP contribution in [0.4, 0.5) is 0 Å². The summed E-state index contributed by atoms with van der Waals surface area (Å²) in [6.45, 7) is 0. The number of para-hydroxylation sites is 1. The van der Waals surface area contributed by atoms with Crippen molar-refractivity contribution in [1.82, 2.24) is 0 Å². The first-order chi connectivity index (χ1) is 25.3. The van der Waals surface area contributed by atoms with Gasteiger partial charge in [-0.15, -0.1) is 0 Å². The first kappa shape index (κ1) is 29.5. The first-order valence-electron chi connectivity index (χ1n) is 17.7. The molecule has 0 radical (unpaired) electrons. The molecule has 0 aliphatic heterocycles. The van der Waals surface area contributed by atoms with E-state index in [2.05, 4.69) is 182 Å². The Morgan fingerprint density at radius 2 is 1.04 bits per heavy atom. The number of benzene rings is 8. The van der Waals surface area contributed by atoms with E-state index in [0.29, 0.717) is 0 Å². The lowest BCUT2D eigenvalue weighted by Crippen LogP contribution is -2.04. The maximum absolute atomic E-state index is 6.39. The second-order valence-electron chi connectivity index (χ2n) is 13.6. The van der Waals surface area contributed by atoms with Crippen LogP contribution in [0.2, 0.25) is 0 Å². The number of rotatable bonds is 6. The fourth-order valence-corrected chi connectivity index (χ4v) is 8.28. The van der Waals surface area contributed by atoms with Crippen LogP contribution in [-0.2, 0) is 6.42 Å². The van der Waals surface area contributed by atoms with E-state index in [-0.39, 0.29) is 5.92 Å². The van der Waals surface area contributed by atoms with Crippen molar-refractivity contribution in [2.24, 2.45) is 0 Å². The van der Waals surface area contributed by atoms with Gasteiger partial charge in [-0.05, 0) is 90.9 Å². The van der Waals surface area contributed by atoms with Crippen LogP contribution in [0.3, 0.4) is 0 Å². The van der Waals surface area contributed by atoms with Gasteiger partial charge < -0.3 is 4.42 Å². The molecule has 51 heavy (non-hydrogen) atoms. The molecule has 0 bridgehead atoms. The maximum atomic E-state index is 6.39. The Bertz CT molecular complexity index is 2700. The molecule has 0 spiro atoms. The highest BCUT2D eigenvalue weighted by molar-refractivity contribution is 6.07. The minimum Gasteiger partial charge on any atom is -0.456 e. The third-order valence-corrected chi connectivity index (χ3v) is 10.6. The molecule has 0 saturated carbocycles. The van der Waals surface area contributed by atoms with Gasteiger partial charge in [0.25, 0.3) is 0 Å². The summed E-state index contributed by atoms with van der Waals surface area (Å²) in [5.41, 5.74) is 18.6. The van der Waals surface area contributed by atoms with Crippen LogP contribution in [0.1, 0.15) is 33.7 Å². The summed E-state index contributed by atoms with van der Waals surface area (Å²) in [5.74, 6) is 0.00559. The number of hydrogen-bond donors (Lipinski definition) is 0. The summed E-state index contributed by atoms with van der Waals surface area (Å²) in [6.07, 6.45) is 0.958. The number of fused-ring (bicyclic) bond motifs is 6. The monoisotopic (exact) mass is 650 g/mol. The van der Waals surface area contributed by atoms with Crippen molar-refractivity contribution in [2.45, 2.75) is 12.3 Å². The van der Waals surface area contributed by atoms with E-state index in [1.54, 1.807) is 0 Å². The van der Waals surface area contributed by atoms with Crippen LogP contribution in [0.15, 0.2) is 192 Å². The highest BCUT2D eigenvalue weighted by Crippen LogP contribution is 2.46. The van der Waals surface area contributed by atoms with Crippen LogP contribution in [0, 0.1) is 0 Å². The lowest BCUT2D eigenvalue weighted by Gasteiger charge is -2.21. The Balaban J connectivity index is 1.10. The molecule has 1 aliphatic rings. The molecule has 1 nitrogen and oxygen atoms in total. The van der Waals surface area contributed by atoms with Gasteiger partial charge in [0.05, 0.1) is 0 Å². The minimum atomic E-state index is 0.00559. The Kier molecular flexibility index (Phi) is 7.03. The lowest BCUT2D eigenvalue weighted by molar-refractivity contribution is 0.668. The summed E-state index contributed by atoms with van der Waals surface area (Å²) in [5, 5.41) is 2.33. The molecule has 0 fully saturated rings. The van der Waals surface area contributed by atoms with E-state index >= 15 is 0 Å². The molecule has 0 saturated heterocycles. The van der Waals surface area contributed by atoms with Crippen LogP contribution >= 0.6 is 0 Å². The van der Waals surface area contributed by atoms with Gasteiger partial charge in [-0.2, -0.15) is 0 Å². The molecular weight excluding hydrogens is 617 g/mol. The highest BCUT2D eigenvalue weighted by atomic mass is 16.3. The predicted molar refractivity (Wildman–Crippen MR) is 212 cm³/mol. The average molecular weight is 651 g/mol. The van der Waals surface area contributed by atoms with Crippen molar-refractivity contribution < 1.29 is 4.42 Å². The molecular formula is C50H34O. The molecule has 1 unspecified atom stereocenters. The molecule has 8 aromatic carbocycles. The van der Waals surface area contributed by atoms with Crippen LogP contribution in [0.5, 0.6) is 0 Å². The maximum Gasteiger partial charge on any atom is 0.135 e. The van der Waals surface area contributed by atoms with E-state index in [0.717, 1.165) is 23.0 Å². The van der Waals surface area contributed by atoms with Gasteiger partial charge in [-0.3, -0.25) is 0 Å². The SMILES string of the molecule is c1ccc(-c2cccc(C(c3ccc(-c4cccc5c4-c4ccc(-c6ccccc6)cc4C5)cc3)c3cccc4oc5ccccc5c34)c2)cc1. The zero-order valence-corrected chi connectivity index (χ0v) is 28.1. The van der Waals surface area contributed by atoms with Gasteiger partial charge in [-0.1, -0.05) is 176 Å². The highest BCUT2D eigenvalue weighted by Gasteiger charge is 2.25. The molecule has 1 heteroatoms. The van der Waals surface area contributed by atoms with Crippen LogP contribution in [0.25, 0.3) is 66.4 Å². The van der Waals surface area contributed by atoms with Gasteiger partial charge in [0.2, 0.25) is 0 Å². The Labute approximate surface area is 298 Å². The zero-order chi connectivity index (χ0) is 33.7. The number of furan rings is 1. The molecule has 0 N–H and O–H groups in total. The second-order valence-corrected chi connectivity index (χ2v) is 13.6. The fourth-order valence-electron chi connectivity index (χ4n) is 8.28. The Morgan fingerprint density at radius 3 is 1.84 bits per heavy atom. The van der Waals surface area contributed by atoms with E-state index < -0.39 is 0 Å². The van der Waals surface area contributed by atoms with Crippen LogP contribution in [-0.4, -0.2) is 0 Å². The largest absolute Gasteiger partial charge is 0.456 e. The smallest absolute Gasteiger partial charge is 0.135 e. The van der Waals surface area contributed by atoms with Crippen molar-refractivity contribution >= 4 is 21.9 Å². The van der Waals surface area contributed by atoms with Gasteiger partial charge in [-0.25, -0.2) is 0 Å². The molecule has 10 rings (SSSR count). The van der Waals surface area contributed by atoms with Gasteiger partial charge in [0.1, 0.15) is 11.2 Å². The van der Waals surface area contributed by atoms with Crippen molar-refractivity contribution in [3.05, 3.63) is 216 Å². The summed E-state index contributed by atoms with van der Waals surface area (Å²) < 4.78 is 6.39. The van der Waals surface area contributed by atoms with Gasteiger partial charge >= 0.3 is 0 Å². The number of hydrogen-bond acceptors (Lipinski definition) is 1. The molecule has 9 aromatic rings. The molecule has 0 amide bonds. The standard InChI is InChI=1S/C50H34O/c1-3-12-33(13-4-1)37-16-9-17-39(30-37)48(45-21-11-23-47-50(45)44-19-7-8-22-46(44)51-47)36-26-24-35(25-27-36)42-20-10-18-40-32-41-31-38(28-29-43(41)49(40)42)34-14-5-2-6-15-34/h1-31,48H,32H2. The minimum absolute atomic E-state index is 0.00559. The Morgan fingerprint density at radius 1 is 0.392 bits per heavy atom. The van der Waals surface area contributed by atoms with Gasteiger partial charge in [0, 0.05) is 16.7 Å². The topological polar surface area (TPSA) is 13.1 Å². The first-order valence-corrected chi connectivity index (χ1v) is 17.7. The molecule has 1 aliphatic carbocycles. The average Bonchev–Trinajstić information content (AvgIpc) is 3.78. The summed E-state index contributed by atoms with van der Waals surface area (Å²) in [4.78, 5) is 0. The van der Waals surface area contributed by atoms with E-state index in [1.165, 1.54) is 77.7 Å².